The molecule has 28 heavy (non-hydrogen) atoms. The lowest BCUT2D eigenvalue weighted by Gasteiger charge is -2.08. The van der Waals surface area contributed by atoms with Crippen molar-refractivity contribution in [2.24, 2.45) is 0 Å². The van der Waals surface area contributed by atoms with Gasteiger partial charge in [-0.25, -0.2) is 4.39 Å². The summed E-state index contributed by atoms with van der Waals surface area (Å²) in [5, 5.41) is 7.14. The van der Waals surface area contributed by atoms with Crippen molar-refractivity contribution < 1.29 is 13.7 Å². The molecule has 0 saturated carbocycles. The third kappa shape index (κ3) is 3.79. The lowest BCUT2D eigenvalue weighted by atomic mass is 10.2. The number of rotatable bonds is 5. The smallest absolute Gasteiger partial charge is 0.274 e. The van der Waals surface area contributed by atoms with Gasteiger partial charge in [0.15, 0.2) is 0 Å². The Labute approximate surface area is 164 Å². The highest BCUT2D eigenvalue weighted by atomic mass is 35.5. The largest absolute Gasteiger partial charge is 0.334 e. The number of para-hydroxylation sites is 1. The minimum absolute atomic E-state index is 0.0324. The van der Waals surface area contributed by atoms with Crippen molar-refractivity contribution in [2.45, 2.75) is 6.54 Å². The first-order valence-corrected chi connectivity index (χ1v) is 8.77. The molecule has 2 aromatic carbocycles. The summed E-state index contributed by atoms with van der Waals surface area (Å²) in [5.74, 6) is -0.183. The average Bonchev–Trinajstić information content (AvgIpc) is 3.33. The number of anilines is 1. The Balaban J connectivity index is 1.52. The molecular weight excluding hydrogens is 383 g/mol. The van der Waals surface area contributed by atoms with Crippen LogP contribution < -0.4 is 5.32 Å². The molecule has 0 atom stereocenters. The van der Waals surface area contributed by atoms with Crippen LogP contribution in [-0.2, 0) is 11.3 Å². The number of halogens is 2. The molecule has 0 aliphatic rings. The molecule has 0 unspecified atom stereocenters. The van der Waals surface area contributed by atoms with E-state index in [1.807, 2.05) is 0 Å². The van der Waals surface area contributed by atoms with Crippen LogP contribution >= 0.6 is 11.6 Å². The summed E-state index contributed by atoms with van der Waals surface area (Å²) in [6.45, 7) is -0.0324. The predicted molar refractivity (Wildman–Crippen MR) is 103 cm³/mol. The molecule has 0 spiro atoms. The standard InChI is InChI=1S/C20H14ClFN4O2/c21-14-9-7-13(8-10-14)19-24-20(28-25-19)17-6-3-11-26(17)12-18(27)23-16-5-2-1-4-15(16)22/h1-11H,12H2,(H,23,27). The lowest BCUT2D eigenvalue weighted by molar-refractivity contribution is -0.116. The van der Waals surface area contributed by atoms with Gasteiger partial charge in [-0.3, -0.25) is 4.79 Å². The van der Waals surface area contributed by atoms with Gasteiger partial charge in [-0.2, -0.15) is 4.98 Å². The van der Waals surface area contributed by atoms with Crippen LogP contribution in [-0.4, -0.2) is 20.6 Å². The number of hydrogen-bond donors (Lipinski definition) is 1. The molecule has 4 rings (SSSR count). The van der Waals surface area contributed by atoms with Crippen LogP contribution in [0.4, 0.5) is 10.1 Å². The number of amides is 1. The third-order valence-electron chi connectivity index (χ3n) is 4.04. The van der Waals surface area contributed by atoms with Crippen LogP contribution in [0, 0.1) is 5.82 Å². The Hall–Kier alpha value is -3.45. The summed E-state index contributed by atoms with van der Waals surface area (Å²) < 4.78 is 20.7. The van der Waals surface area contributed by atoms with E-state index in [-0.39, 0.29) is 24.0 Å². The molecule has 0 radical (unpaired) electrons. The van der Waals surface area contributed by atoms with Gasteiger partial charge in [-0.1, -0.05) is 28.9 Å². The van der Waals surface area contributed by atoms with Crippen LogP contribution in [0.25, 0.3) is 23.0 Å². The summed E-state index contributed by atoms with van der Waals surface area (Å²) in [6, 6.07) is 16.6. The van der Waals surface area contributed by atoms with Gasteiger partial charge in [0.25, 0.3) is 5.89 Å². The van der Waals surface area contributed by atoms with Crippen molar-refractivity contribution in [1.29, 1.82) is 0 Å². The molecular formula is C20H14ClFN4O2. The minimum atomic E-state index is -0.493. The topological polar surface area (TPSA) is 73.0 Å². The van der Waals surface area contributed by atoms with Crippen molar-refractivity contribution in [3.63, 3.8) is 0 Å². The van der Waals surface area contributed by atoms with E-state index in [1.165, 1.54) is 12.1 Å². The van der Waals surface area contributed by atoms with Gasteiger partial charge in [-0.15, -0.1) is 0 Å². The van der Waals surface area contributed by atoms with Gasteiger partial charge >= 0.3 is 0 Å². The molecule has 0 aliphatic carbocycles. The van der Waals surface area contributed by atoms with Crippen molar-refractivity contribution in [3.8, 4) is 23.0 Å². The maximum absolute atomic E-state index is 13.7. The summed E-state index contributed by atoms with van der Waals surface area (Å²) >= 11 is 5.89. The van der Waals surface area contributed by atoms with Crippen LogP contribution in [0.2, 0.25) is 5.02 Å². The molecule has 0 aliphatic heterocycles. The zero-order valence-electron chi connectivity index (χ0n) is 14.5. The summed E-state index contributed by atoms with van der Waals surface area (Å²) in [4.78, 5) is 16.7. The first kappa shape index (κ1) is 17.9. The van der Waals surface area contributed by atoms with Crippen molar-refractivity contribution in [1.82, 2.24) is 14.7 Å². The quantitative estimate of drug-likeness (QED) is 0.533. The molecule has 6 nitrogen and oxygen atoms in total. The Morgan fingerprint density at radius 2 is 1.89 bits per heavy atom. The predicted octanol–water partition coefficient (Wildman–Crippen LogP) is 4.64. The van der Waals surface area contributed by atoms with Gasteiger partial charge < -0.3 is 14.4 Å². The van der Waals surface area contributed by atoms with E-state index in [4.69, 9.17) is 16.1 Å². The maximum atomic E-state index is 13.7. The molecule has 0 saturated heterocycles. The highest BCUT2D eigenvalue weighted by Gasteiger charge is 2.16. The number of benzene rings is 2. The van der Waals surface area contributed by atoms with E-state index in [9.17, 15) is 9.18 Å². The zero-order valence-corrected chi connectivity index (χ0v) is 15.2. The van der Waals surface area contributed by atoms with E-state index in [0.717, 1.165) is 5.56 Å². The first-order valence-electron chi connectivity index (χ1n) is 8.40. The molecule has 1 N–H and O–H groups in total. The van der Waals surface area contributed by atoms with Crippen molar-refractivity contribution in [2.75, 3.05) is 5.32 Å². The van der Waals surface area contributed by atoms with Crippen LogP contribution in [0.1, 0.15) is 0 Å². The fourth-order valence-electron chi connectivity index (χ4n) is 2.70. The van der Waals surface area contributed by atoms with Crippen LogP contribution in [0.15, 0.2) is 71.4 Å². The monoisotopic (exact) mass is 396 g/mol. The minimum Gasteiger partial charge on any atom is -0.334 e. The fourth-order valence-corrected chi connectivity index (χ4v) is 2.82. The second kappa shape index (κ2) is 7.66. The molecule has 8 heteroatoms. The zero-order chi connectivity index (χ0) is 19.5. The molecule has 2 aromatic heterocycles. The van der Waals surface area contributed by atoms with Gasteiger partial charge in [0.1, 0.15) is 18.1 Å². The summed E-state index contributed by atoms with van der Waals surface area (Å²) in [6.07, 6.45) is 1.71. The number of aromatic nitrogens is 3. The number of nitrogens with one attached hydrogen (secondary N) is 1. The second-order valence-electron chi connectivity index (χ2n) is 5.98. The molecule has 4 aromatic rings. The van der Waals surface area contributed by atoms with Crippen molar-refractivity contribution in [3.05, 3.63) is 77.7 Å². The van der Waals surface area contributed by atoms with Crippen LogP contribution in [0.5, 0.6) is 0 Å². The van der Waals surface area contributed by atoms with Gasteiger partial charge in [0.2, 0.25) is 11.7 Å². The number of carbonyl (C=O) groups is 1. The maximum Gasteiger partial charge on any atom is 0.274 e. The van der Waals surface area contributed by atoms with E-state index in [0.29, 0.717) is 16.5 Å². The highest BCUT2D eigenvalue weighted by molar-refractivity contribution is 6.30. The van der Waals surface area contributed by atoms with Gasteiger partial charge in [0.05, 0.1) is 5.69 Å². The van der Waals surface area contributed by atoms with E-state index in [1.54, 1.807) is 59.3 Å². The summed E-state index contributed by atoms with van der Waals surface area (Å²) in [5.41, 5.74) is 1.47. The Kier molecular flexibility index (Phi) is 4.90. The average molecular weight is 397 g/mol. The first-order chi connectivity index (χ1) is 13.6. The number of carbonyl (C=O) groups excluding carboxylic acids is 1. The third-order valence-corrected chi connectivity index (χ3v) is 4.29. The normalized spacial score (nSPS) is 10.8. The van der Waals surface area contributed by atoms with Gasteiger partial charge in [0, 0.05) is 16.8 Å². The molecule has 2 heterocycles. The second-order valence-corrected chi connectivity index (χ2v) is 6.42. The Bertz CT molecular complexity index is 1120. The Morgan fingerprint density at radius 3 is 2.68 bits per heavy atom. The lowest BCUT2D eigenvalue weighted by Crippen LogP contribution is -2.19. The SMILES string of the molecule is O=C(Cn1cccc1-c1nc(-c2ccc(Cl)cc2)no1)Nc1ccccc1F. The van der Waals surface area contributed by atoms with E-state index >= 15 is 0 Å². The number of nitrogens with zero attached hydrogens (tertiary/aromatic N) is 3. The van der Waals surface area contributed by atoms with E-state index < -0.39 is 5.82 Å². The van der Waals surface area contributed by atoms with Crippen LogP contribution in [0.3, 0.4) is 0 Å². The number of hydrogen-bond acceptors (Lipinski definition) is 4. The molecule has 0 bridgehead atoms. The highest BCUT2D eigenvalue weighted by Crippen LogP contribution is 2.24. The van der Waals surface area contributed by atoms with E-state index in [2.05, 4.69) is 15.5 Å². The molecule has 140 valence electrons. The van der Waals surface area contributed by atoms with Gasteiger partial charge in [-0.05, 0) is 48.5 Å². The Morgan fingerprint density at radius 1 is 1.11 bits per heavy atom. The molecule has 0 fully saturated rings. The fraction of sp³-hybridized carbons (Fsp3) is 0.0500. The van der Waals surface area contributed by atoms with Crippen molar-refractivity contribution >= 4 is 23.2 Å². The summed E-state index contributed by atoms with van der Waals surface area (Å²) in [7, 11) is 0. The molecule has 1 amide bonds.